The molecule has 22 heavy (non-hydrogen) atoms. The van der Waals surface area contributed by atoms with Crippen molar-refractivity contribution in [2.75, 3.05) is 0 Å². The van der Waals surface area contributed by atoms with E-state index in [0.717, 1.165) is 18.8 Å². The van der Waals surface area contributed by atoms with Crippen LogP contribution in [0, 0.1) is 17.3 Å². The molecule has 2 N–H and O–H groups in total. The summed E-state index contributed by atoms with van der Waals surface area (Å²) in [4.78, 5) is 0. The summed E-state index contributed by atoms with van der Waals surface area (Å²) in [7, 11) is -0.273. The van der Waals surface area contributed by atoms with Crippen LogP contribution in [0.5, 0.6) is 0 Å². The van der Waals surface area contributed by atoms with E-state index in [1.165, 1.54) is 12.0 Å². The molecule has 3 aliphatic carbocycles. The third-order valence-electron chi connectivity index (χ3n) is 6.63. The van der Waals surface area contributed by atoms with Gasteiger partial charge in [-0.1, -0.05) is 44.2 Å². The van der Waals surface area contributed by atoms with Gasteiger partial charge in [0.25, 0.3) is 0 Å². The molecule has 2 bridgehead atoms. The third kappa shape index (κ3) is 2.00. The van der Waals surface area contributed by atoms with Gasteiger partial charge in [0.05, 0.1) is 11.7 Å². The zero-order valence-electron chi connectivity index (χ0n) is 13.8. The van der Waals surface area contributed by atoms with Crippen molar-refractivity contribution in [2.24, 2.45) is 23.0 Å². The Kier molecular flexibility index (Phi) is 3.23. The molecule has 1 aliphatic heterocycles. The van der Waals surface area contributed by atoms with Crippen molar-refractivity contribution in [1.82, 2.24) is 0 Å². The van der Waals surface area contributed by atoms with Crippen LogP contribution in [-0.4, -0.2) is 24.8 Å². The van der Waals surface area contributed by atoms with Gasteiger partial charge in [-0.25, -0.2) is 0 Å². The second kappa shape index (κ2) is 4.83. The third-order valence-corrected chi connectivity index (χ3v) is 6.63. The first-order valence-corrected chi connectivity index (χ1v) is 8.54. The molecule has 3 nitrogen and oxygen atoms in total. The van der Waals surface area contributed by atoms with Gasteiger partial charge < -0.3 is 15.0 Å². The Morgan fingerprint density at radius 2 is 1.95 bits per heavy atom. The van der Waals surface area contributed by atoms with Crippen molar-refractivity contribution in [3.8, 4) is 0 Å². The fraction of sp³-hybridized carbons (Fsp3) is 0.667. The van der Waals surface area contributed by atoms with E-state index >= 15 is 0 Å². The molecule has 118 valence electrons. The summed E-state index contributed by atoms with van der Waals surface area (Å²) in [5, 5.41) is 0. The first-order chi connectivity index (χ1) is 10.4. The highest BCUT2D eigenvalue weighted by Gasteiger charge is 2.68. The van der Waals surface area contributed by atoms with Gasteiger partial charge in [0.1, 0.15) is 0 Å². The number of hydrogen-bond donors (Lipinski definition) is 1. The number of nitrogens with two attached hydrogens (primary N) is 1. The van der Waals surface area contributed by atoms with Gasteiger partial charge in [-0.3, -0.25) is 0 Å². The molecule has 3 saturated carbocycles. The second-order valence-electron chi connectivity index (χ2n) is 8.19. The van der Waals surface area contributed by atoms with Gasteiger partial charge in [-0.15, -0.1) is 0 Å². The number of benzene rings is 1. The smallest absolute Gasteiger partial charge is 0.404 e. The van der Waals surface area contributed by atoms with E-state index in [1.54, 1.807) is 0 Å². The monoisotopic (exact) mass is 299 g/mol. The van der Waals surface area contributed by atoms with Crippen LogP contribution in [0.3, 0.4) is 0 Å². The molecule has 4 heteroatoms. The van der Waals surface area contributed by atoms with Gasteiger partial charge in [-0.05, 0) is 49.0 Å². The summed E-state index contributed by atoms with van der Waals surface area (Å²) < 4.78 is 12.7. The topological polar surface area (TPSA) is 44.5 Å². The molecule has 1 aromatic carbocycles. The van der Waals surface area contributed by atoms with Crippen molar-refractivity contribution in [3.05, 3.63) is 35.9 Å². The van der Waals surface area contributed by atoms with Gasteiger partial charge in [0.15, 0.2) is 0 Å². The molecule has 1 unspecified atom stereocenters. The van der Waals surface area contributed by atoms with Crippen molar-refractivity contribution < 1.29 is 9.31 Å². The molecule has 0 amide bonds. The highest BCUT2D eigenvalue weighted by atomic mass is 16.7. The predicted molar refractivity (Wildman–Crippen MR) is 88.2 cm³/mol. The average molecular weight is 299 g/mol. The van der Waals surface area contributed by atoms with Crippen LogP contribution in [0.1, 0.15) is 39.2 Å². The fourth-order valence-corrected chi connectivity index (χ4v) is 5.06. The largest absolute Gasteiger partial charge is 0.475 e. The second-order valence-corrected chi connectivity index (χ2v) is 8.19. The Hall–Kier alpha value is -0.835. The summed E-state index contributed by atoms with van der Waals surface area (Å²) in [6.07, 6.45) is 3.42. The lowest BCUT2D eigenvalue weighted by molar-refractivity contribution is -0.199. The number of rotatable bonds is 3. The minimum Gasteiger partial charge on any atom is -0.404 e. The van der Waals surface area contributed by atoms with Crippen LogP contribution in [0.2, 0.25) is 0 Å². The SMILES string of the molecule is CC1(C)[C@H]2C[C@H]1[C@]1(C)OB(C(N)Cc3ccccc3)O[C@@H]1C2. The first kappa shape index (κ1) is 14.7. The Bertz CT molecular complexity index is 563. The highest BCUT2D eigenvalue weighted by Crippen LogP contribution is 2.65. The predicted octanol–water partition coefficient (Wildman–Crippen LogP) is 2.82. The van der Waals surface area contributed by atoms with Crippen LogP contribution in [-0.2, 0) is 15.7 Å². The average Bonchev–Trinajstić information content (AvgIpc) is 2.85. The standard InChI is InChI=1S/C18H26BNO2/c1-17(2)13-10-14(17)18(3)15(11-13)21-19(22-18)16(20)9-12-7-5-4-6-8-12/h4-8,13-16H,9-11,20H2,1-3H3/t13-,14+,15+,16?,18-/m0/s1. The maximum absolute atomic E-state index is 6.43. The van der Waals surface area contributed by atoms with Crippen LogP contribution >= 0.6 is 0 Å². The molecule has 1 heterocycles. The highest BCUT2D eigenvalue weighted by molar-refractivity contribution is 6.47. The van der Waals surface area contributed by atoms with E-state index in [0.29, 0.717) is 11.3 Å². The van der Waals surface area contributed by atoms with Crippen molar-refractivity contribution in [1.29, 1.82) is 0 Å². The van der Waals surface area contributed by atoms with Crippen molar-refractivity contribution in [3.63, 3.8) is 0 Å². The van der Waals surface area contributed by atoms with E-state index in [2.05, 4.69) is 45.0 Å². The van der Waals surface area contributed by atoms with Crippen molar-refractivity contribution >= 4 is 7.12 Å². The van der Waals surface area contributed by atoms with Gasteiger partial charge in [0.2, 0.25) is 0 Å². The van der Waals surface area contributed by atoms with Crippen LogP contribution in [0.4, 0.5) is 0 Å². The minimum absolute atomic E-state index is 0.106. The zero-order chi connectivity index (χ0) is 15.5. The molecular formula is C18H26BNO2. The first-order valence-electron chi connectivity index (χ1n) is 8.54. The Labute approximate surface area is 133 Å². The minimum atomic E-state index is -0.273. The summed E-state index contributed by atoms with van der Waals surface area (Å²) in [5.41, 5.74) is 7.87. The zero-order valence-corrected chi connectivity index (χ0v) is 13.8. The van der Waals surface area contributed by atoms with E-state index in [4.69, 9.17) is 15.0 Å². The van der Waals surface area contributed by atoms with E-state index in [1.807, 2.05) is 6.07 Å². The summed E-state index contributed by atoms with van der Waals surface area (Å²) >= 11 is 0. The lowest BCUT2D eigenvalue weighted by atomic mass is 9.43. The van der Waals surface area contributed by atoms with Crippen LogP contribution < -0.4 is 5.73 Å². The molecule has 4 fully saturated rings. The maximum Gasteiger partial charge on any atom is 0.475 e. The molecule has 0 aromatic heterocycles. The van der Waals surface area contributed by atoms with Gasteiger partial charge >= 0.3 is 7.12 Å². The van der Waals surface area contributed by atoms with E-state index in [9.17, 15) is 0 Å². The lowest BCUT2D eigenvalue weighted by Gasteiger charge is -2.64. The van der Waals surface area contributed by atoms with Crippen LogP contribution in [0.25, 0.3) is 0 Å². The van der Waals surface area contributed by atoms with Gasteiger partial charge in [-0.2, -0.15) is 0 Å². The molecule has 1 aromatic rings. The number of hydrogen-bond acceptors (Lipinski definition) is 3. The Morgan fingerprint density at radius 1 is 1.23 bits per heavy atom. The Balaban J connectivity index is 1.48. The van der Waals surface area contributed by atoms with Crippen LogP contribution in [0.15, 0.2) is 30.3 Å². The maximum atomic E-state index is 6.43. The van der Waals surface area contributed by atoms with Gasteiger partial charge in [0, 0.05) is 5.94 Å². The lowest BCUT2D eigenvalue weighted by Crippen LogP contribution is -2.65. The van der Waals surface area contributed by atoms with E-state index in [-0.39, 0.29) is 24.8 Å². The fourth-order valence-electron chi connectivity index (χ4n) is 5.06. The molecule has 5 rings (SSSR count). The summed E-state index contributed by atoms with van der Waals surface area (Å²) in [6.45, 7) is 7.01. The molecule has 1 saturated heterocycles. The molecule has 5 atom stereocenters. The van der Waals surface area contributed by atoms with Crippen molar-refractivity contribution in [2.45, 2.75) is 57.7 Å². The summed E-state index contributed by atoms with van der Waals surface area (Å²) in [6, 6.07) is 10.4. The van der Waals surface area contributed by atoms with E-state index < -0.39 is 0 Å². The summed E-state index contributed by atoms with van der Waals surface area (Å²) in [5.74, 6) is 1.27. The molecule has 0 radical (unpaired) electrons. The quantitative estimate of drug-likeness (QED) is 0.873. The molecular weight excluding hydrogens is 273 g/mol. The molecule has 0 spiro atoms. The normalized spacial score (nSPS) is 40.0. The molecule has 4 aliphatic rings. The Morgan fingerprint density at radius 3 is 2.64 bits per heavy atom.